The number of nitrogens with two attached hydrogens (primary N) is 1. The molecule has 2 aliphatic rings. The summed E-state index contributed by atoms with van der Waals surface area (Å²) in [4.78, 5) is 0. The summed E-state index contributed by atoms with van der Waals surface area (Å²) in [5.74, 6) is 4.51. The largest absolute Gasteiger partial charge is 0.385 e. The highest BCUT2D eigenvalue weighted by Gasteiger charge is 2.31. The van der Waals surface area contributed by atoms with Gasteiger partial charge in [0, 0.05) is 13.7 Å². The molecule has 0 bridgehead atoms. The molecule has 1 unspecified atom stereocenters. The number of aryl methyl sites for hydroxylation is 1. The highest BCUT2D eigenvalue weighted by Crippen LogP contribution is 2.45. The maximum absolute atomic E-state index is 5.87. The van der Waals surface area contributed by atoms with Gasteiger partial charge < -0.3 is 10.5 Å². The molecule has 0 heterocycles. The highest BCUT2D eigenvalue weighted by atomic mass is 16.5. The van der Waals surface area contributed by atoms with E-state index in [0.29, 0.717) is 0 Å². The van der Waals surface area contributed by atoms with E-state index < -0.39 is 0 Å². The smallest absolute Gasteiger partial charge is 0.0464 e. The van der Waals surface area contributed by atoms with Crippen LogP contribution < -0.4 is 5.73 Å². The van der Waals surface area contributed by atoms with Crippen LogP contribution in [0.5, 0.6) is 0 Å². The van der Waals surface area contributed by atoms with Crippen molar-refractivity contribution < 1.29 is 4.74 Å². The van der Waals surface area contributed by atoms with Crippen LogP contribution in [0.2, 0.25) is 0 Å². The average Bonchev–Trinajstić information content (AvgIpc) is 2.84. The van der Waals surface area contributed by atoms with Gasteiger partial charge in [0.1, 0.15) is 0 Å². The van der Waals surface area contributed by atoms with Gasteiger partial charge in [0.05, 0.1) is 0 Å². The quantitative estimate of drug-likeness (QED) is 0.316. The zero-order valence-corrected chi connectivity index (χ0v) is 21.2. The molecule has 0 spiro atoms. The molecule has 0 aromatic heterocycles. The Hall–Kier alpha value is -0.860. The van der Waals surface area contributed by atoms with E-state index in [4.69, 9.17) is 10.5 Å². The second kappa shape index (κ2) is 14.4. The number of unbranched alkanes of at least 4 members (excludes halogenated alkanes) is 2. The van der Waals surface area contributed by atoms with E-state index in [9.17, 15) is 0 Å². The molecular weight excluding hydrogens is 390 g/mol. The normalized spacial score (nSPS) is 27.3. The number of hydrogen-bond donors (Lipinski definition) is 1. The van der Waals surface area contributed by atoms with Crippen molar-refractivity contribution >= 4 is 0 Å². The lowest BCUT2D eigenvalue weighted by atomic mass is 9.67. The van der Waals surface area contributed by atoms with E-state index in [1.54, 1.807) is 5.56 Å². The van der Waals surface area contributed by atoms with Gasteiger partial charge in [-0.3, -0.25) is 0 Å². The van der Waals surface area contributed by atoms with E-state index >= 15 is 0 Å². The molecule has 2 N–H and O–H groups in total. The van der Waals surface area contributed by atoms with Crippen LogP contribution in [0.15, 0.2) is 24.3 Å². The first-order valence-corrected chi connectivity index (χ1v) is 14.0. The summed E-state index contributed by atoms with van der Waals surface area (Å²) in [5.41, 5.74) is 9.01. The molecule has 1 aromatic carbocycles. The monoisotopic (exact) mass is 441 g/mol. The summed E-state index contributed by atoms with van der Waals surface area (Å²) in [6.07, 6.45) is 20.6. The van der Waals surface area contributed by atoms with Crippen LogP contribution in [0.4, 0.5) is 0 Å². The highest BCUT2D eigenvalue weighted by molar-refractivity contribution is 5.26. The third-order valence-electron chi connectivity index (χ3n) is 8.82. The second-order valence-corrected chi connectivity index (χ2v) is 11.1. The van der Waals surface area contributed by atoms with E-state index in [-0.39, 0.29) is 0 Å². The Kier molecular flexibility index (Phi) is 11.6. The predicted molar refractivity (Wildman–Crippen MR) is 138 cm³/mol. The summed E-state index contributed by atoms with van der Waals surface area (Å²) in [5, 5.41) is 0. The average molecular weight is 442 g/mol. The van der Waals surface area contributed by atoms with Crippen LogP contribution in [0.3, 0.4) is 0 Å². The Morgan fingerprint density at radius 2 is 1.53 bits per heavy atom. The lowest BCUT2D eigenvalue weighted by molar-refractivity contribution is 0.134. The van der Waals surface area contributed by atoms with Gasteiger partial charge in [0.2, 0.25) is 0 Å². The van der Waals surface area contributed by atoms with Gasteiger partial charge in [0.15, 0.2) is 0 Å². The van der Waals surface area contributed by atoms with E-state index in [1.165, 1.54) is 102 Å². The maximum atomic E-state index is 5.87. The summed E-state index contributed by atoms with van der Waals surface area (Å²) in [6.45, 7) is 4.01. The number of benzene rings is 1. The first kappa shape index (κ1) is 25.8. The molecule has 2 nitrogen and oxygen atoms in total. The van der Waals surface area contributed by atoms with Crippen molar-refractivity contribution in [2.75, 3.05) is 20.3 Å². The molecule has 0 amide bonds. The van der Waals surface area contributed by atoms with Crippen LogP contribution in [0.1, 0.15) is 114 Å². The molecule has 182 valence electrons. The van der Waals surface area contributed by atoms with E-state index in [0.717, 1.165) is 42.7 Å². The van der Waals surface area contributed by atoms with Crippen molar-refractivity contribution in [3.63, 3.8) is 0 Å². The number of rotatable bonds is 13. The summed E-state index contributed by atoms with van der Waals surface area (Å²) in [7, 11) is 1.82. The van der Waals surface area contributed by atoms with Crippen molar-refractivity contribution in [1.29, 1.82) is 0 Å². The minimum atomic E-state index is 0.773. The lowest BCUT2D eigenvalue weighted by Gasteiger charge is -2.38. The molecule has 1 aromatic rings. The van der Waals surface area contributed by atoms with Gasteiger partial charge in [-0.15, -0.1) is 0 Å². The van der Waals surface area contributed by atoms with Crippen LogP contribution in [0, 0.1) is 23.7 Å². The van der Waals surface area contributed by atoms with Gasteiger partial charge in [-0.25, -0.2) is 0 Å². The summed E-state index contributed by atoms with van der Waals surface area (Å²) < 4.78 is 5.33. The summed E-state index contributed by atoms with van der Waals surface area (Å²) >= 11 is 0. The Morgan fingerprint density at radius 1 is 0.875 bits per heavy atom. The van der Waals surface area contributed by atoms with Gasteiger partial charge in [-0.05, 0) is 118 Å². The maximum Gasteiger partial charge on any atom is 0.0464 e. The molecule has 2 fully saturated rings. The summed E-state index contributed by atoms with van der Waals surface area (Å²) in [6, 6.07) is 9.70. The minimum absolute atomic E-state index is 0.773. The van der Waals surface area contributed by atoms with Crippen molar-refractivity contribution in [1.82, 2.24) is 0 Å². The SMILES string of the molecule is CCCCCc1ccc(C2CCC(C3CCC(CC(CCN)CCOC)CC3)CC2)cc1. The standard InChI is InChI=1S/C30H51NO/c1-3-4-5-6-24-7-11-27(12-8-24)29-15-17-30(18-16-29)28-13-9-25(10-14-28)23-26(19-21-31)20-22-32-2/h7-8,11-12,25-26,28-30H,3-6,9-10,13-23,31H2,1-2H3. The van der Waals surface area contributed by atoms with E-state index in [2.05, 4.69) is 31.2 Å². The molecule has 32 heavy (non-hydrogen) atoms. The Morgan fingerprint density at radius 3 is 2.12 bits per heavy atom. The first-order valence-electron chi connectivity index (χ1n) is 14.0. The van der Waals surface area contributed by atoms with Crippen molar-refractivity contribution in [3.05, 3.63) is 35.4 Å². The Labute approximate surface area is 199 Å². The fourth-order valence-corrected chi connectivity index (χ4v) is 6.73. The topological polar surface area (TPSA) is 35.2 Å². The lowest BCUT2D eigenvalue weighted by Crippen LogP contribution is -2.26. The first-order chi connectivity index (χ1) is 15.7. The molecule has 1 atom stereocenters. The Bertz CT molecular complexity index is 596. The fourth-order valence-electron chi connectivity index (χ4n) is 6.73. The van der Waals surface area contributed by atoms with Gasteiger partial charge in [-0.2, -0.15) is 0 Å². The zero-order valence-electron chi connectivity index (χ0n) is 21.2. The fraction of sp³-hybridized carbons (Fsp3) is 0.800. The Balaban J connectivity index is 1.38. The molecule has 0 radical (unpaired) electrons. The number of hydrogen-bond acceptors (Lipinski definition) is 2. The van der Waals surface area contributed by atoms with E-state index in [1.807, 2.05) is 7.11 Å². The minimum Gasteiger partial charge on any atom is -0.385 e. The molecule has 0 aliphatic heterocycles. The molecule has 0 saturated heterocycles. The van der Waals surface area contributed by atoms with Crippen molar-refractivity contribution in [3.8, 4) is 0 Å². The zero-order chi connectivity index (χ0) is 22.6. The molecular formula is C30H51NO. The van der Waals surface area contributed by atoms with Gasteiger partial charge in [0.25, 0.3) is 0 Å². The molecule has 2 heteroatoms. The van der Waals surface area contributed by atoms with Crippen molar-refractivity contribution in [2.24, 2.45) is 29.4 Å². The molecule has 2 aliphatic carbocycles. The number of methoxy groups -OCH3 is 1. The second-order valence-electron chi connectivity index (χ2n) is 11.1. The van der Waals surface area contributed by atoms with Crippen LogP contribution in [-0.4, -0.2) is 20.3 Å². The van der Waals surface area contributed by atoms with Gasteiger partial charge >= 0.3 is 0 Å². The third-order valence-corrected chi connectivity index (χ3v) is 8.82. The van der Waals surface area contributed by atoms with Crippen LogP contribution in [-0.2, 0) is 11.2 Å². The molecule has 2 saturated carbocycles. The van der Waals surface area contributed by atoms with Crippen molar-refractivity contribution in [2.45, 2.75) is 109 Å². The third kappa shape index (κ3) is 8.17. The number of ether oxygens (including phenoxy) is 1. The predicted octanol–water partition coefficient (Wildman–Crippen LogP) is 7.89. The molecule has 3 rings (SSSR count). The van der Waals surface area contributed by atoms with Crippen LogP contribution >= 0.6 is 0 Å². The van der Waals surface area contributed by atoms with Gasteiger partial charge in [-0.1, -0.05) is 56.9 Å². The van der Waals surface area contributed by atoms with Crippen LogP contribution in [0.25, 0.3) is 0 Å².